The number of carbonyl (C=O) groups excluding carboxylic acids is 1. The Labute approximate surface area is 118 Å². The molecule has 0 aromatic carbocycles. The van der Waals surface area contributed by atoms with Crippen molar-refractivity contribution in [3.8, 4) is 6.07 Å². The maximum absolute atomic E-state index is 12.3. The summed E-state index contributed by atoms with van der Waals surface area (Å²) in [6.45, 7) is 6.64. The Morgan fingerprint density at radius 2 is 2.26 bits per heavy atom. The number of amides is 1. The van der Waals surface area contributed by atoms with E-state index in [1.54, 1.807) is 4.90 Å². The highest BCUT2D eigenvalue weighted by Gasteiger charge is 2.20. The van der Waals surface area contributed by atoms with Gasteiger partial charge in [-0.25, -0.2) is 9.97 Å². The summed E-state index contributed by atoms with van der Waals surface area (Å²) in [5.74, 6) is 0.453. The van der Waals surface area contributed by atoms with Crippen molar-refractivity contribution < 1.29 is 4.79 Å². The third-order valence-electron chi connectivity index (χ3n) is 2.64. The first-order valence-electron chi connectivity index (χ1n) is 6.19. The van der Waals surface area contributed by atoms with Gasteiger partial charge >= 0.3 is 0 Å². The van der Waals surface area contributed by atoms with E-state index in [2.05, 4.69) is 9.97 Å². The maximum Gasteiger partial charge on any atom is 0.274 e. The van der Waals surface area contributed by atoms with E-state index < -0.39 is 0 Å². The van der Waals surface area contributed by atoms with E-state index in [0.717, 1.165) is 0 Å². The van der Waals surface area contributed by atoms with Gasteiger partial charge in [0, 0.05) is 19.0 Å². The number of rotatable bonds is 5. The van der Waals surface area contributed by atoms with Gasteiger partial charge in [-0.05, 0) is 6.92 Å². The average molecular weight is 281 g/mol. The molecule has 0 saturated carbocycles. The van der Waals surface area contributed by atoms with Crippen molar-refractivity contribution in [2.24, 2.45) is 0 Å². The van der Waals surface area contributed by atoms with Gasteiger partial charge in [-0.2, -0.15) is 5.26 Å². The van der Waals surface area contributed by atoms with Crippen LogP contribution in [0, 0.1) is 11.3 Å². The number of hydrogen-bond donors (Lipinski definition) is 0. The van der Waals surface area contributed by atoms with Crippen LogP contribution in [-0.2, 0) is 0 Å². The highest BCUT2D eigenvalue weighted by Crippen LogP contribution is 2.18. The molecular formula is C13H17ClN4O. The van der Waals surface area contributed by atoms with Crippen LogP contribution in [-0.4, -0.2) is 33.9 Å². The zero-order chi connectivity index (χ0) is 14.4. The molecule has 0 radical (unpaired) electrons. The van der Waals surface area contributed by atoms with Crippen molar-refractivity contribution in [3.63, 3.8) is 0 Å². The minimum absolute atomic E-state index is 0.123. The highest BCUT2D eigenvalue weighted by molar-refractivity contribution is 6.33. The molecule has 0 aliphatic heterocycles. The second kappa shape index (κ2) is 7.05. The van der Waals surface area contributed by atoms with E-state index in [-0.39, 0.29) is 22.5 Å². The smallest absolute Gasteiger partial charge is 0.274 e. The molecule has 1 heterocycles. The third kappa shape index (κ3) is 3.90. The molecule has 0 N–H and O–H groups in total. The Hall–Kier alpha value is -1.67. The fourth-order valence-electron chi connectivity index (χ4n) is 1.55. The van der Waals surface area contributed by atoms with Crippen molar-refractivity contribution >= 4 is 17.5 Å². The number of nitrogens with zero attached hydrogens (tertiary/aromatic N) is 4. The van der Waals surface area contributed by atoms with Crippen LogP contribution in [0.2, 0.25) is 5.02 Å². The molecule has 0 bridgehead atoms. The lowest BCUT2D eigenvalue weighted by Crippen LogP contribution is -2.32. The highest BCUT2D eigenvalue weighted by atomic mass is 35.5. The molecule has 19 heavy (non-hydrogen) atoms. The van der Waals surface area contributed by atoms with Crippen LogP contribution in [0.15, 0.2) is 6.20 Å². The van der Waals surface area contributed by atoms with E-state index >= 15 is 0 Å². The summed E-state index contributed by atoms with van der Waals surface area (Å²) in [7, 11) is 0. The summed E-state index contributed by atoms with van der Waals surface area (Å²) in [6, 6.07) is 2.02. The van der Waals surface area contributed by atoms with Gasteiger partial charge < -0.3 is 4.90 Å². The van der Waals surface area contributed by atoms with Crippen LogP contribution in [0.4, 0.5) is 0 Å². The van der Waals surface area contributed by atoms with Crippen LogP contribution in [0.3, 0.4) is 0 Å². The fraction of sp³-hybridized carbons (Fsp3) is 0.538. The minimum atomic E-state index is -0.257. The number of halogens is 1. The first kappa shape index (κ1) is 15.4. The van der Waals surface area contributed by atoms with Crippen LogP contribution >= 0.6 is 11.6 Å². The number of carbonyl (C=O) groups is 1. The lowest BCUT2D eigenvalue weighted by atomic mass is 10.2. The molecule has 1 amide bonds. The average Bonchev–Trinajstić information content (AvgIpc) is 2.39. The van der Waals surface area contributed by atoms with Crippen molar-refractivity contribution in [1.29, 1.82) is 5.26 Å². The topological polar surface area (TPSA) is 69.9 Å². The Morgan fingerprint density at radius 3 is 2.79 bits per heavy atom. The van der Waals surface area contributed by atoms with Gasteiger partial charge in [-0.15, -0.1) is 0 Å². The summed E-state index contributed by atoms with van der Waals surface area (Å²) in [6.07, 6.45) is 1.74. The SMILES string of the molecule is CCN(CCC#N)C(=O)c1nc(C(C)C)ncc1Cl. The van der Waals surface area contributed by atoms with Crippen LogP contribution < -0.4 is 0 Å². The predicted molar refractivity (Wildman–Crippen MR) is 72.9 cm³/mol. The van der Waals surface area contributed by atoms with E-state index in [0.29, 0.717) is 25.3 Å². The second-order valence-electron chi connectivity index (χ2n) is 4.37. The van der Waals surface area contributed by atoms with Crippen molar-refractivity contribution in [3.05, 3.63) is 22.7 Å². The second-order valence-corrected chi connectivity index (χ2v) is 4.78. The van der Waals surface area contributed by atoms with E-state index in [9.17, 15) is 4.79 Å². The molecule has 0 saturated heterocycles. The lowest BCUT2D eigenvalue weighted by molar-refractivity contribution is 0.0761. The van der Waals surface area contributed by atoms with Crippen molar-refractivity contribution in [2.45, 2.75) is 33.1 Å². The van der Waals surface area contributed by atoms with Gasteiger partial charge in [0.2, 0.25) is 0 Å². The molecule has 5 nitrogen and oxygen atoms in total. The molecule has 0 spiro atoms. The Balaban J connectivity index is 3.03. The quantitative estimate of drug-likeness (QED) is 0.831. The molecule has 1 rings (SSSR count). The van der Waals surface area contributed by atoms with Gasteiger partial charge in [0.1, 0.15) is 5.82 Å². The Morgan fingerprint density at radius 1 is 1.58 bits per heavy atom. The van der Waals surface area contributed by atoms with Crippen molar-refractivity contribution in [2.75, 3.05) is 13.1 Å². The number of nitriles is 1. The molecule has 1 aromatic heterocycles. The van der Waals surface area contributed by atoms with E-state index in [1.807, 2.05) is 26.8 Å². The van der Waals surface area contributed by atoms with Gasteiger partial charge in [0.25, 0.3) is 5.91 Å². The molecule has 0 aliphatic carbocycles. The summed E-state index contributed by atoms with van der Waals surface area (Å²) in [4.78, 5) is 22.2. The lowest BCUT2D eigenvalue weighted by Gasteiger charge is -2.19. The molecule has 1 aromatic rings. The Bertz CT molecular complexity index is 496. The summed E-state index contributed by atoms with van der Waals surface area (Å²) < 4.78 is 0. The maximum atomic E-state index is 12.3. The van der Waals surface area contributed by atoms with Crippen LogP contribution in [0.5, 0.6) is 0 Å². The normalized spacial score (nSPS) is 10.3. The summed E-state index contributed by atoms with van der Waals surface area (Å²) in [5.41, 5.74) is 0.208. The number of hydrogen-bond acceptors (Lipinski definition) is 4. The van der Waals surface area contributed by atoms with Crippen LogP contribution in [0.1, 0.15) is 49.4 Å². The minimum Gasteiger partial charge on any atom is -0.337 e. The van der Waals surface area contributed by atoms with Gasteiger partial charge in [-0.3, -0.25) is 4.79 Å². The van der Waals surface area contributed by atoms with Gasteiger partial charge in [-0.1, -0.05) is 25.4 Å². The third-order valence-corrected chi connectivity index (χ3v) is 2.92. The summed E-state index contributed by atoms with van der Waals surface area (Å²) >= 11 is 5.99. The van der Waals surface area contributed by atoms with Crippen molar-refractivity contribution in [1.82, 2.24) is 14.9 Å². The van der Waals surface area contributed by atoms with E-state index in [4.69, 9.17) is 16.9 Å². The Kier molecular flexibility index (Phi) is 5.71. The van der Waals surface area contributed by atoms with Crippen LogP contribution in [0.25, 0.3) is 0 Å². The fourth-order valence-corrected chi connectivity index (χ4v) is 1.72. The first-order valence-corrected chi connectivity index (χ1v) is 6.57. The molecule has 0 atom stereocenters. The zero-order valence-electron chi connectivity index (χ0n) is 11.4. The molecule has 102 valence electrons. The largest absolute Gasteiger partial charge is 0.337 e. The monoisotopic (exact) mass is 280 g/mol. The van der Waals surface area contributed by atoms with Gasteiger partial charge in [0.05, 0.1) is 23.7 Å². The molecule has 0 aliphatic rings. The van der Waals surface area contributed by atoms with E-state index in [1.165, 1.54) is 6.20 Å². The molecule has 0 fully saturated rings. The van der Waals surface area contributed by atoms with Gasteiger partial charge in [0.15, 0.2) is 5.69 Å². The first-order chi connectivity index (χ1) is 9.01. The molecular weight excluding hydrogens is 264 g/mol. The molecule has 6 heteroatoms. The molecule has 0 unspecified atom stereocenters. The predicted octanol–water partition coefficient (Wildman–Crippen LogP) is 2.63. The zero-order valence-corrected chi connectivity index (χ0v) is 12.1. The standard InChI is InChI=1S/C13H17ClN4O/c1-4-18(7-5-6-15)13(19)11-10(14)8-16-12(17-11)9(2)3/h8-9H,4-5,7H2,1-3H3. The number of aromatic nitrogens is 2. The summed E-state index contributed by atoms with van der Waals surface area (Å²) in [5, 5.41) is 8.84.